The molecule has 7 heteroatoms. The second-order valence-corrected chi connectivity index (χ2v) is 7.39. The summed E-state index contributed by atoms with van der Waals surface area (Å²) in [6, 6.07) is 4.29. The number of methoxy groups -OCH3 is 1. The Bertz CT molecular complexity index is 644. The summed E-state index contributed by atoms with van der Waals surface area (Å²) < 4.78 is 15.9. The molecule has 0 atom stereocenters. The molecule has 2 rings (SSSR count). The van der Waals surface area contributed by atoms with E-state index in [0.717, 1.165) is 12.8 Å². The van der Waals surface area contributed by atoms with Gasteiger partial charge in [0.2, 0.25) is 0 Å². The summed E-state index contributed by atoms with van der Waals surface area (Å²) in [7, 11) is 1.30. The topological polar surface area (TPSA) is 85.3 Å². The van der Waals surface area contributed by atoms with Crippen molar-refractivity contribution in [2.75, 3.05) is 26.8 Å². The van der Waals surface area contributed by atoms with Gasteiger partial charge in [-0.25, -0.2) is 9.59 Å². The van der Waals surface area contributed by atoms with E-state index < -0.39 is 11.6 Å². The van der Waals surface area contributed by atoms with Gasteiger partial charge in [-0.15, -0.1) is 0 Å². The minimum Gasteiger partial charge on any atom is -0.508 e. The van der Waals surface area contributed by atoms with Crippen LogP contribution < -0.4 is 4.74 Å². The van der Waals surface area contributed by atoms with Crippen molar-refractivity contribution in [2.24, 2.45) is 5.92 Å². The Morgan fingerprint density at radius 1 is 1.23 bits per heavy atom. The molecular formula is C19H27NO6. The van der Waals surface area contributed by atoms with Gasteiger partial charge in [-0.2, -0.15) is 0 Å². The fourth-order valence-corrected chi connectivity index (χ4v) is 2.73. The Hall–Kier alpha value is -2.44. The molecule has 1 amide bonds. The van der Waals surface area contributed by atoms with Crippen molar-refractivity contribution in [3.8, 4) is 11.5 Å². The number of phenolic OH excluding ortho intramolecular Hbond substituents is 1. The highest BCUT2D eigenvalue weighted by Gasteiger charge is 2.27. The van der Waals surface area contributed by atoms with E-state index in [-0.39, 0.29) is 23.3 Å². The normalized spacial score (nSPS) is 15.5. The first-order valence-corrected chi connectivity index (χ1v) is 8.71. The summed E-state index contributed by atoms with van der Waals surface area (Å²) in [6.07, 6.45) is 1.27. The highest BCUT2D eigenvalue weighted by atomic mass is 16.6. The molecule has 144 valence electrons. The van der Waals surface area contributed by atoms with Crippen LogP contribution in [0.4, 0.5) is 4.79 Å². The van der Waals surface area contributed by atoms with E-state index in [0.29, 0.717) is 25.4 Å². The standard InChI is InChI=1S/C19H27NO6/c1-19(2,3)26-18(23)20-9-7-13(8-10-20)12-25-16-11-14(21)5-6-15(16)17(22)24-4/h5-6,11,13,21H,7-10,12H2,1-4H3. The summed E-state index contributed by atoms with van der Waals surface area (Å²) in [5, 5.41) is 9.63. The smallest absolute Gasteiger partial charge is 0.410 e. The summed E-state index contributed by atoms with van der Waals surface area (Å²) >= 11 is 0. The molecule has 0 radical (unpaired) electrons. The Balaban J connectivity index is 1.88. The van der Waals surface area contributed by atoms with Crippen LogP contribution in [0.1, 0.15) is 44.0 Å². The lowest BCUT2D eigenvalue weighted by molar-refractivity contribution is 0.0163. The van der Waals surface area contributed by atoms with Gasteiger partial charge >= 0.3 is 12.1 Å². The number of carbonyl (C=O) groups is 2. The SMILES string of the molecule is COC(=O)c1ccc(O)cc1OCC1CCN(C(=O)OC(C)(C)C)CC1. The Morgan fingerprint density at radius 2 is 1.88 bits per heavy atom. The summed E-state index contributed by atoms with van der Waals surface area (Å²) in [4.78, 5) is 25.6. The van der Waals surface area contributed by atoms with E-state index in [1.54, 1.807) is 4.90 Å². The van der Waals surface area contributed by atoms with Gasteiger partial charge in [0, 0.05) is 19.2 Å². The highest BCUT2D eigenvalue weighted by molar-refractivity contribution is 5.92. The Morgan fingerprint density at radius 3 is 2.46 bits per heavy atom. The van der Waals surface area contributed by atoms with Gasteiger partial charge in [-0.05, 0) is 51.7 Å². The minimum atomic E-state index is -0.514. The number of amides is 1. The van der Waals surface area contributed by atoms with Crippen LogP contribution in [0, 0.1) is 5.92 Å². The molecule has 1 aromatic rings. The predicted octanol–water partition coefficient (Wildman–Crippen LogP) is 3.20. The molecule has 1 aliphatic heterocycles. The molecule has 0 spiro atoms. The largest absolute Gasteiger partial charge is 0.508 e. The van der Waals surface area contributed by atoms with Crippen molar-refractivity contribution in [3.05, 3.63) is 23.8 Å². The number of benzene rings is 1. The number of carbonyl (C=O) groups excluding carboxylic acids is 2. The maximum absolute atomic E-state index is 12.1. The highest BCUT2D eigenvalue weighted by Crippen LogP contribution is 2.27. The average molecular weight is 365 g/mol. The van der Waals surface area contributed by atoms with Crippen molar-refractivity contribution < 1.29 is 28.9 Å². The van der Waals surface area contributed by atoms with Gasteiger partial charge in [0.25, 0.3) is 0 Å². The van der Waals surface area contributed by atoms with Gasteiger partial charge in [-0.1, -0.05) is 0 Å². The van der Waals surface area contributed by atoms with Crippen LogP contribution in [0.2, 0.25) is 0 Å². The van der Waals surface area contributed by atoms with E-state index in [4.69, 9.17) is 14.2 Å². The molecule has 0 aromatic heterocycles. The van der Waals surface area contributed by atoms with Gasteiger partial charge in [0.15, 0.2) is 0 Å². The fourth-order valence-electron chi connectivity index (χ4n) is 2.73. The van der Waals surface area contributed by atoms with E-state index in [1.807, 2.05) is 20.8 Å². The first-order valence-electron chi connectivity index (χ1n) is 8.71. The van der Waals surface area contributed by atoms with Crippen molar-refractivity contribution >= 4 is 12.1 Å². The quantitative estimate of drug-likeness (QED) is 0.825. The molecule has 1 fully saturated rings. The number of esters is 1. The number of nitrogens with zero attached hydrogens (tertiary/aromatic N) is 1. The third-order valence-corrected chi connectivity index (χ3v) is 4.11. The first kappa shape index (κ1) is 19.9. The third kappa shape index (κ3) is 5.54. The number of hydrogen-bond donors (Lipinski definition) is 1. The molecule has 1 N–H and O–H groups in total. The van der Waals surface area contributed by atoms with Crippen LogP contribution in [-0.2, 0) is 9.47 Å². The van der Waals surface area contributed by atoms with Gasteiger partial charge in [0.1, 0.15) is 22.7 Å². The second kappa shape index (κ2) is 8.29. The molecule has 7 nitrogen and oxygen atoms in total. The molecule has 1 aliphatic rings. The molecule has 26 heavy (non-hydrogen) atoms. The zero-order valence-electron chi connectivity index (χ0n) is 15.8. The summed E-state index contributed by atoms with van der Waals surface area (Å²) in [5.74, 6) is 0.0556. The van der Waals surface area contributed by atoms with Crippen LogP contribution in [-0.4, -0.2) is 54.5 Å². The molecule has 0 unspecified atom stereocenters. The molecule has 0 bridgehead atoms. The number of ether oxygens (including phenoxy) is 3. The van der Waals surface area contributed by atoms with Crippen LogP contribution in [0.5, 0.6) is 11.5 Å². The summed E-state index contributed by atoms with van der Waals surface area (Å²) in [5.41, 5.74) is -0.229. The number of aromatic hydroxyl groups is 1. The van der Waals surface area contributed by atoms with Gasteiger partial charge in [-0.3, -0.25) is 0 Å². The van der Waals surface area contributed by atoms with Crippen LogP contribution in [0.15, 0.2) is 18.2 Å². The first-order chi connectivity index (χ1) is 12.2. The molecule has 1 saturated heterocycles. The molecular weight excluding hydrogens is 338 g/mol. The lowest BCUT2D eigenvalue weighted by atomic mass is 9.98. The molecule has 0 saturated carbocycles. The van der Waals surface area contributed by atoms with Crippen molar-refractivity contribution in [1.29, 1.82) is 0 Å². The number of likely N-dealkylation sites (tertiary alicyclic amines) is 1. The number of piperidine rings is 1. The van der Waals surface area contributed by atoms with Gasteiger partial charge in [0.05, 0.1) is 13.7 Å². The van der Waals surface area contributed by atoms with Crippen molar-refractivity contribution in [2.45, 2.75) is 39.2 Å². The van der Waals surface area contributed by atoms with Crippen molar-refractivity contribution in [1.82, 2.24) is 4.90 Å². The molecule has 1 heterocycles. The van der Waals surface area contributed by atoms with E-state index >= 15 is 0 Å². The third-order valence-electron chi connectivity index (χ3n) is 4.11. The molecule has 1 aromatic carbocycles. The minimum absolute atomic E-state index is 0.0207. The lowest BCUT2D eigenvalue weighted by Gasteiger charge is -2.33. The maximum atomic E-state index is 12.1. The van der Waals surface area contributed by atoms with Crippen LogP contribution in [0.25, 0.3) is 0 Å². The van der Waals surface area contributed by atoms with Crippen LogP contribution >= 0.6 is 0 Å². The monoisotopic (exact) mass is 365 g/mol. The number of hydrogen-bond acceptors (Lipinski definition) is 6. The Labute approximate surface area is 153 Å². The Kier molecular flexibility index (Phi) is 6.34. The summed E-state index contributed by atoms with van der Waals surface area (Å²) in [6.45, 7) is 7.15. The number of rotatable bonds is 4. The second-order valence-electron chi connectivity index (χ2n) is 7.39. The lowest BCUT2D eigenvalue weighted by Crippen LogP contribution is -2.42. The zero-order chi connectivity index (χ0) is 19.3. The van der Waals surface area contributed by atoms with Crippen molar-refractivity contribution in [3.63, 3.8) is 0 Å². The maximum Gasteiger partial charge on any atom is 0.410 e. The molecule has 0 aliphatic carbocycles. The fraction of sp³-hybridized carbons (Fsp3) is 0.579. The van der Waals surface area contributed by atoms with E-state index in [1.165, 1.54) is 25.3 Å². The van der Waals surface area contributed by atoms with E-state index in [9.17, 15) is 14.7 Å². The predicted molar refractivity (Wildman–Crippen MR) is 95.5 cm³/mol. The van der Waals surface area contributed by atoms with Crippen LogP contribution in [0.3, 0.4) is 0 Å². The number of phenols is 1. The van der Waals surface area contributed by atoms with E-state index in [2.05, 4.69) is 0 Å². The zero-order valence-corrected chi connectivity index (χ0v) is 15.8. The van der Waals surface area contributed by atoms with Gasteiger partial charge < -0.3 is 24.2 Å². The average Bonchev–Trinajstić information content (AvgIpc) is 2.58.